The normalized spacial score (nSPS) is 15.1. The van der Waals surface area contributed by atoms with Gasteiger partial charge in [0.1, 0.15) is 11.6 Å². The van der Waals surface area contributed by atoms with E-state index in [1.807, 2.05) is 30.3 Å². The summed E-state index contributed by atoms with van der Waals surface area (Å²) < 4.78 is 5.18. The van der Waals surface area contributed by atoms with Crippen LogP contribution in [0.4, 0.5) is 5.69 Å². The Hall–Kier alpha value is -2.82. The molecule has 2 aromatic carbocycles. The highest BCUT2D eigenvalue weighted by atomic mass is 16.5. The van der Waals surface area contributed by atoms with E-state index in [1.54, 1.807) is 19.2 Å². The molecule has 0 unspecified atom stereocenters. The lowest BCUT2D eigenvalue weighted by Crippen LogP contribution is -2.11. The minimum atomic E-state index is -0.157. The summed E-state index contributed by atoms with van der Waals surface area (Å²) in [5.74, 6) is 2.12. The van der Waals surface area contributed by atoms with E-state index in [-0.39, 0.29) is 5.91 Å². The molecule has 1 aliphatic rings. The molecular weight excluding hydrogens is 326 g/mol. The molecule has 1 heterocycles. The predicted molar refractivity (Wildman–Crippen MR) is 103 cm³/mol. The molecule has 0 radical (unpaired) electrons. The fraction of sp³-hybridized carbons (Fsp3) is 0.333. The van der Waals surface area contributed by atoms with Gasteiger partial charge in [-0.15, -0.1) is 0 Å². The van der Waals surface area contributed by atoms with E-state index in [2.05, 4.69) is 10.3 Å². The third-order valence-electron chi connectivity index (χ3n) is 5.08. The lowest BCUT2D eigenvalue weighted by atomic mass is 9.89. The Morgan fingerprint density at radius 2 is 2.00 bits per heavy atom. The predicted octanol–water partition coefficient (Wildman–Crippen LogP) is 4.87. The maximum absolute atomic E-state index is 12.5. The highest BCUT2D eigenvalue weighted by molar-refractivity contribution is 6.05. The SMILES string of the molecule is COc1cccc(C(=O)Nc2ccc3nc(C4CCCCC4)[nH]c3c2)c1. The van der Waals surface area contributed by atoms with Crippen LogP contribution in [0.15, 0.2) is 42.5 Å². The number of hydrogen-bond donors (Lipinski definition) is 2. The number of fused-ring (bicyclic) bond motifs is 1. The number of methoxy groups -OCH3 is 1. The summed E-state index contributed by atoms with van der Waals surface area (Å²) in [7, 11) is 1.59. The number of rotatable bonds is 4. The third kappa shape index (κ3) is 3.43. The van der Waals surface area contributed by atoms with Crippen LogP contribution in [0.5, 0.6) is 5.75 Å². The molecule has 5 heteroatoms. The molecule has 0 atom stereocenters. The van der Waals surface area contributed by atoms with Gasteiger partial charge in [0.25, 0.3) is 5.91 Å². The van der Waals surface area contributed by atoms with Crippen molar-refractivity contribution in [2.24, 2.45) is 0 Å². The standard InChI is InChI=1S/C21H23N3O2/c1-26-17-9-5-8-15(12-17)21(25)22-16-10-11-18-19(13-16)24-20(23-18)14-6-3-2-4-7-14/h5,8-14H,2-4,6-7H2,1H3,(H,22,25)(H,23,24). The molecule has 1 amide bonds. The van der Waals surface area contributed by atoms with E-state index in [0.29, 0.717) is 17.2 Å². The lowest BCUT2D eigenvalue weighted by Gasteiger charge is -2.18. The van der Waals surface area contributed by atoms with Gasteiger partial charge in [-0.3, -0.25) is 4.79 Å². The van der Waals surface area contributed by atoms with Gasteiger partial charge in [0.2, 0.25) is 0 Å². The van der Waals surface area contributed by atoms with E-state index in [9.17, 15) is 4.79 Å². The zero-order chi connectivity index (χ0) is 17.9. The number of imidazole rings is 1. The Bertz CT molecular complexity index is 926. The highest BCUT2D eigenvalue weighted by Crippen LogP contribution is 2.32. The van der Waals surface area contributed by atoms with Crippen molar-refractivity contribution in [3.8, 4) is 5.75 Å². The zero-order valence-corrected chi connectivity index (χ0v) is 14.9. The van der Waals surface area contributed by atoms with Crippen molar-refractivity contribution < 1.29 is 9.53 Å². The quantitative estimate of drug-likeness (QED) is 0.706. The number of carbonyl (C=O) groups excluding carboxylic acids is 1. The number of H-pyrrole nitrogens is 1. The van der Waals surface area contributed by atoms with Gasteiger partial charge < -0.3 is 15.0 Å². The highest BCUT2D eigenvalue weighted by Gasteiger charge is 2.19. The van der Waals surface area contributed by atoms with Crippen molar-refractivity contribution in [1.82, 2.24) is 9.97 Å². The number of ether oxygens (including phenoxy) is 1. The monoisotopic (exact) mass is 349 g/mol. The number of anilines is 1. The summed E-state index contributed by atoms with van der Waals surface area (Å²) in [4.78, 5) is 20.7. The molecule has 0 saturated heterocycles. The summed E-state index contributed by atoms with van der Waals surface area (Å²) in [6.07, 6.45) is 6.31. The average molecular weight is 349 g/mol. The molecule has 1 fully saturated rings. The van der Waals surface area contributed by atoms with Crippen LogP contribution < -0.4 is 10.1 Å². The van der Waals surface area contributed by atoms with Gasteiger partial charge in [-0.25, -0.2) is 4.98 Å². The van der Waals surface area contributed by atoms with Crippen molar-refractivity contribution in [1.29, 1.82) is 0 Å². The molecule has 1 saturated carbocycles. The summed E-state index contributed by atoms with van der Waals surface area (Å²) in [5, 5.41) is 2.95. The van der Waals surface area contributed by atoms with Crippen molar-refractivity contribution in [2.45, 2.75) is 38.0 Å². The number of aromatic amines is 1. The smallest absolute Gasteiger partial charge is 0.255 e. The Morgan fingerprint density at radius 1 is 1.15 bits per heavy atom. The first-order valence-corrected chi connectivity index (χ1v) is 9.18. The van der Waals surface area contributed by atoms with Crippen LogP contribution in [0.3, 0.4) is 0 Å². The van der Waals surface area contributed by atoms with Crippen molar-refractivity contribution in [3.05, 3.63) is 53.9 Å². The number of amides is 1. The maximum Gasteiger partial charge on any atom is 0.255 e. The molecule has 4 rings (SSSR count). The molecule has 5 nitrogen and oxygen atoms in total. The van der Waals surface area contributed by atoms with Crippen LogP contribution in [0.1, 0.15) is 54.2 Å². The fourth-order valence-corrected chi connectivity index (χ4v) is 3.64. The Balaban J connectivity index is 1.54. The average Bonchev–Trinajstić information content (AvgIpc) is 3.12. The van der Waals surface area contributed by atoms with Gasteiger partial charge in [-0.05, 0) is 49.2 Å². The number of carbonyl (C=O) groups is 1. The van der Waals surface area contributed by atoms with Crippen LogP contribution in [0, 0.1) is 0 Å². The van der Waals surface area contributed by atoms with Gasteiger partial charge in [-0.1, -0.05) is 25.3 Å². The maximum atomic E-state index is 12.5. The van der Waals surface area contributed by atoms with Crippen LogP contribution >= 0.6 is 0 Å². The van der Waals surface area contributed by atoms with Gasteiger partial charge in [-0.2, -0.15) is 0 Å². The van der Waals surface area contributed by atoms with E-state index in [4.69, 9.17) is 9.72 Å². The van der Waals surface area contributed by atoms with Crippen LogP contribution in [0.2, 0.25) is 0 Å². The lowest BCUT2D eigenvalue weighted by molar-refractivity contribution is 0.102. The van der Waals surface area contributed by atoms with E-state index in [0.717, 1.165) is 22.5 Å². The van der Waals surface area contributed by atoms with Crippen LogP contribution in [-0.2, 0) is 0 Å². The first kappa shape index (κ1) is 16.6. The molecule has 0 aliphatic heterocycles. The minimum absolute atomic E-state index is 0.157. The number of benzene rings is 2. The van der Waals surface area contributed by atoms with Crippen molar-refractivity contribution >= 4 is 22.6 Å². The first-order valence-electron chi connectivity index (χ1n) is 9.18. The minimum Gasteiger partial charge on any atom is -0.497 e. The summed E-state index contributed by atoms with van der Waals surface area (Å²) >= 11 is 0. The van der Waals surface area contributed by atoms with Gasteiger partial charge >= 0.3 is 0 Å². The molecule has 134 valence electrons. The van der Waals surface area contributed by atoms with Gasteiger partial charge in [0, 0.05) is 17.2 Å². The molecule has 1 aromatic heterocycles. The number of nitrogens with zero attached hydrogens (tertiary/aromatic N) is 1. The molecular formula is C21H23N3O2. The molecule has 0 spiro atoms. The second kappa shape index (κ2) is 7.20. The third-order valence-corrected chi connectivity index (χ3v) is 5.08. The Kier molecular flexibility index (Phi) is 4.61. The first-order chi connectivity index (χ1) is 12.7. The van der Waals surface area contributed by atoms with Crippen LogP contribution in [0.25, 0.3) is 11.0 Å². The second-order valence-electron chi connectivity index (χ2n) is 6.87. The van der Waals surface area contributed by atoms with E-state index < -0.39 is 0 Å². The molecule has 26 heavy (non-hydrogen) atoms. The molecule has 3 aromatic rings. The molecule has 2 N–H and O–H groups in total. The second-order valence-corrected chi connectivity index (χ2v) is 6.87. The fourth-order valence-electron chi connectivity index (χ4n) is 3.64. The van der Waals surface area contributed by atoms with Gasteiger partial charge in [0.05, 0.1) is 18.1 Å². The van der Waals surface area contributed by atoms with Crippen molar-refractivity contribution in [2.75, 3.05) is 12.4 Å². The van der Waals surface area contributed by atoms with Crippen molar-refractivity contribution in [3.63, 3.8) is 0 Å². The Labute approximate surface area is 152 Å². The largest absolute Gasteiger partial charge is 0.497 e. The topological polar surface area (TPSA) is 67.0 Å². The zero-order valence-electron chi connectivity index (χ0n) is 14.9. The number of nitrogens with one attached hydrogen (secondary N) is 2. The number of aromatic nitrogens is 2. The number of hydrogen-bond acceptors (Lipinski definition) is 3. The summed E-state index contributed by atoms with van der Waals surface area (Å²) in [5.41, 5.74) is 3.24. The van der Waals surface area contributed by atoms with Gasteiger partial charge in [0.15, 0.2) is 0 Å². The van der Waals surface area contributed by atoms with E-state index >= 15 is 0 Å². The van der Waals surface area contributed by atoms with Crippen LogP contribution in [-0.4, -0.2) is 23.0 Å². The van der Waals surface area contributed by atoms with E-state index in [1.165, 1.54) is 32.1 Å². The summed E-state index contributed by atoms with van der Waals surface area (Å²) in [6.45, 7) is 0. The molecule has 1 aliphatic carbocycles. The molecule has 0 bridgehead atoms. The summed E-state index contributed by atoms with van der Waals surface area (Å²) in [6, 6.07) is 12.9. The Morgan fingerprint density at radius 3 is 2.81 bits per heavy atom.